The quantitative estimate of drug-likeness (QED) is 0.500. The zero-order valence-corrected chi connectivity index (χ0v) is 18.1. The van der Waals surface area contributed by atoms with Gasteiger partial charge in [0.15, 0.2) is 23.6 Å². The third kappa shape index (κ3) is 5.22. The van der Waals surface area contributed by atoms with E-state index in [-0.39, 0.29) is 16.6 Å². The lowest BCUT2D eigenvalue weighted by atomic mass is 9.90. The third-order valence-electron chi connectivity index (χ3n) is 5.64. The van der Waals surface area contributed by atoms with Crippen molar-refractivity contribution >= 4 is 34.3 Å². The highest BCUT2D eigenvalue weighted by atomic mass is 32.2. The summed E-state index contributed by atoms with van der Waals surface area (Å²) in [6, 6.07) is 16.1. The van der Waals surface area contributed by atoms with Crippen molar-refractivity contribution in [2.45, 2.75) is 37.6 Å². The van der Waals surface area contributed by atoms with E-state index in [0.717, 1.165) is 17.3 Å². The number of hydrogen-bond donors (Lipinski definition) is 2. The number of Topliss-reactive ketones (excluding diaryl/α,β-unsaturated/α-hetero) is 1. The van der Waals surface area contributed by atoms with E-state index in [9.17, 15) is 24.7 Å². The highest BCUT2D eigenvalue weighted by Crippen LogP contribution is 2.38. The Kier molecular flexibility index (Phi) is 7.27. The molecule has 0 fully saturated rings. The highest BCUT2D eigenvalue weighted by Gasteiger charge is 2.45. The van der Waals surface area contributed by atoms with Crippen LogP contribution in [0.2, 0.25) is 0 Å². The molecule has 0 saturated carbocycles. The Balaban J connectivity index is 1.96. The number of carboxylic acid groups (broad SMARTS) is 1. The second-order valence-corrected chi connectivity index (χ2v) is 9.18. The van der Waals surface area contributed by atoms with Crippen molar-refractivity contribution in [2.75, 3.05) is 6.54 Å². The Hall–Kier alpha value is -2.52. The van der Waals surface area contributed by atoms with Crippen molar-refractivity contribution in [1.82, 2.24) is 4.65 Å². The van der Waals surface area contributed by atoms with Crippen LogP contribution < -0.4 is 10.4 Å². The van der Waals surface area contributed by atoms with E-state index in [2.05, 4.69) is 0 Å². The molecule has 7 nitrogen and oxygen atoms in total. The Bertz CT molecular complexity index is 967. The van der Waals surface area contributed by atoms with Crippen LogP contribution in [0, 0.1) is 11.1 Å². The molecule has 0 saturated heterocycles. The molecule has 2 aromatic carbocycles. The van der Waals surface area contributed by atoms with E-state index < -0.39 is 34.5 Å². The summed E-state index contributed by atoms with van der Waals surface area (Å²) in [6.45, 7) is 0.627. The van der Waals surface area contributed by atoms with E-state index in [1.54, 1.807) is 24.3 Å². The van der Waals surface area contributed by atoms with E-state index in [0.29, 0.717) is 24.8 Å². The summed E-state index contributed by atoms with van der Waals surface area (Å²) in [5, 5.41) is 22.3. The molecule has 3 N–H and O–H groups in total. The van der Waals surface area contributed by atoms with Crippen LogP contribution in [-0.4, -0.2) is 39.9 Å². The van der Waals surface area contributed by atoms with Gasteiger partial charge in [0.2, 0.25) is 0 Å². The van der Waals surface area contributed by atoms with Crippen molar-refractivity contribution in [3.63, 3.8) is 0 Å². The molecule has 4 unspecified atom stereocenters. The van der Waals surface area contributed by atoms with Gasteiger partial charge >= 0.3 is 5.97 Å². The minimum absolute atomic E-state index is 0.201. The topological polar surface area (TPSA) is 121 Å². The lowest BCUT2D eigenvalue weighted by molar-refractivity contribution is -0.138. The van der Waals surface area contributed by atoms with Crippen molar-refractivity contribution in [3.8, 4) is 0 Å². The minimum Gasteiger partial charge on any atom is -0.626 e. The van der Waals surface area contributed by atoms with Gasteiger partial charge in [-0.25, -0.2) is 4.79 Å². The first-order valence-corrected chi connectivity index (χ1v) is 11.0. The number of benzene rings is 2. The molecule has 0 amide bonds. The Morgan fingerprint density at radius 2 is 1.81 bits per heavy atom. The first-order chi connectivity index (χ1) is 14.7. The Morgan fingerprint density at radius 3 is 2.45 bits per heavy atom. The third-order valence-corrected chi connectivity index (χ3v) is 6.66. The zero-order chi connectivity index (χ0) is 22.6. The number of carboxylic acids is 1. The number of hydrogen-bond acceptors (Lipinski definition) is 6. The van der Waals surface area contributed by atoms with Gasteiger partial charge in [0.05, 0.1) is 11.2 Å². The number of para-hydroxylation sites is 1. The normalized spacial score (nSPS) is 24.0. The average Bonchev–Trinajstić information content (AvgIpc) is 2.82. The maximum absolute atomic E-state index is 13.8. The van der Waals surface area contributed by atoms with Gasteiger partial charge in [-0.15, -0.1) is 0 Å². The van der Waals surface area contributed by atoms with E-state index in [1.807, 2.05) is 30.3 Å². The monoisotopic (exact) mass is 442 g/mol. The summed E-state index contributed by atoms with van der Waals surface area (Å²) in [7, 11) is 0. The number of carbonyl (C=O) groups excluding carboxylic acids is 2. The molecular formula is C23H26N2O5S. The number of nitrogens with two attached hydrogens (primary N) is 1. The van der Waals surface area contributed by atoms with Crippen LogP contribution >= 0.6 is 11.8 Å². The SMILES string of the molecule is CC(=O)SC(Cc1ccccc1)C(=O)C1CCc2ccccc2[N+]([O-])(CC(=O)O)C1N. The summed E-state index contributed by atoms with van der Waals surface area (Å²) in [4.78, 5) is 37.0. The largest absolute Gasteiger partial charge is 0.626 e. The van der Waals surface area contributed by atoms with Crippen molar-refractivity contribution in [3.05, 3.63) is 70.9 Å². The lowest BCUT2D eigenvalue weighted by Crippen LogP contribution is -2.63. The molecule has 1 aliphatic rings. The molecule has 8 heteroatoms. The van der Waals surface area contributed by atoms with Gasteiger partial charge in [0.1, 0.15) is 5.69 Å². The maximum Gasteiger partial charge on any atom is 0.360 e. The fourth-order valence-electron chi connectivity index (χ4n) is 4.19. The molecule has 2 aromatic rings. The van der Waals surface area contributed by atoms with Gasteiger partial charge in [0, 0.05) is 12.5 Å². The number of ketones is 1. The van der Waals surface area contributed by atoms with Crippen LogP contribution in [0.4, 0.5) is 5.69 Å². The van der Waals surface area contributed by atoms with Crippen molar-refractivity contribution in [2.24, 2.45) is 11.7 Å². The van der Waals surface area contributed by atoms with Gasteiger partial charge in [-0.05, 0) is 30.9 Å². The number of aryl methyl sites for hydroxylation is 1. The number of rotatable bonds is 7. The molecule has 0 aromatic heterocycles. The fraction of sp³-hybridized carbons (Fsp3) is 0.348. The fourth-order valence-corrected chi connectivity index (χ4v) is 5.16. The van der Waals surface area contributed by atoms with Crippen molar-refractivity contribution < 1.29 is 19.5 Å². The Labute approximate surface area is 185 Å². The van der Waals surface area contributed by atoms with Crippen LogP contribution in [0.1, 0.15) is 24.5 Å². The first kappa shape index (κ1) is 23.1. The van der Waals surface area contributed by atoms with E-state index in [4.69, 9.17) is 5.73 Å². The molecule has 0 radical (unpaired) electrons. The maximum atomic E-state index is 13.8. The molecule has 3 rings (SSSR count). The van der Waals surface area contributed by atoms with Gasteiger partial charge in [0.25, 0.3) is 0 Å². The molecule has 0 aliphatic carbocycles. The van der Waals surface area contributed by atoms with Crippen LogP contribution in [-0.2, 0) is 27.2 Å². The molecule has 164 valence electrons. The molecule has 4 atom stereocenters. The van der Waals surface area contributed by atoms with Crippen LogP contribution in [0.25, 0.3) is 0 Å². The van der Waals surface area contributed by atoms with Gasteiger partial charge in [-0.3, -0.25) is 15.3 Å². The second-order valence-electron chi connectivity index (χ2n) is 7.80. The van der Waals surface area contributed by atoms with Gasteiger partial charge in [-0.1, -0.05) is 60.3 Å². The molecule has 0 spiro atoms. The molecule has 31 heavy (non-hydrogen) atoms. The number of fused-ring (bicyclic) bond motifs is 1. The number of thioether (sulfide) groups is 1. The lowest BCUT2D eigenvalue weighted by Gasteiger charge is -2.47. The smallest absolute Gasteiger partial charge is 0.360 e. The summed E-state index contributed by atoms with van der Waals surface area (Å²) in [5.41, 5.74) is 8.24. The number of hydroxylamine groups is 2. The number of nitrogens with zero attached hydrogens (tertiary/aromatic N) is 1. The van der Waals surface area contributed by atoms with Crippen LogP contribution in [0.5, 0.6) is 0 Å². The van der Waals surface area contributed by atoms with Gasteiger partial charge < -0.3 is 15.0 Å². The Morgan fingerprint density at radius 1 is 1.16 bits per heavy atom. The second kappa shape index (κ2) is 9.74. The van der Waals surface area contributed by atoms with Crippen LogP contribution in [0.15, 0.2) is 54.6 Å². The molecular weight excluding hydrogens is 416 g/mol. The van der Waals surface area contributed by atoms with E-state index in [1.165, 1.54) is 6.92 Å². The average molecular weight is 443 g/mol. The number of carbonyl (C=O) groups is 3. The predicted molar refractivity (Wildman–Crippen MR) is 121 cm³/mol. The molecule has 1 aliphatic heterocycles. The highest BCUT2D eigenvalue weighted by molar-refractivity contribution is 8.14. The van der Waals surface area contributed by atoms with E-state index >= 15 is 0 Å². The summed E-state index contributed by atoms with van der Waals surface area (Å²) in [5.74, 6) is -2.44. The standard InChI is InChI=1S/C23H26N2O5S/c1-15(26)31-20(13-16-7-3-2-4-8-16)22(29)18-12-11-17-9-5-6-10-19(17)25(30,23(18)24)14-21(27)28/h2-10,18,20,23H,11-14,24H2,1H3,(H,27,28). The first-order valence-electron chi connectivity index (χ1n) is 10.1. The van der Waals surface area contributed by atoms with Gasteiger partial charge in [-0.2, -0.15) is 0 Å². The predicted octanol–water partition coefficient (Wildman–Crippen LogP) is 2.88. The van der Waals surface area contributed by atoms with Crippen molar-refractivity contribution in [1.29, 1.82) is 0 Å². The van der Waals surface area contributed by atoms with Crippen LogP contribution in [0.3, 0.4) is 0 Å². The number of quaternary nitrogens is 1. The molecule has 1 heterocycles. The summed E-state index contributed by atoms with van der Waals surface area (Å²) >= 11 is 0.934. The minimum atomic E-state index is -1.30. The number of aliphatic carboxylic acids is 1. The zero-order valence-electron chi connectivity index (χ0n) is 17.3. The molecule has 0 bridgehead atoms. The summed E-state index contributed by atoms with van der Waals surface area (Å²) < 4.78 is -1.30. The summed E-state index contributed by atoms with van der Waals surface area (Å²) in [6.07, 6.45) is -0.191.